The molecule has 1 aliphatic heterocycles. The van der Waals surface area contributed by atoms with Crippen LogP contribution in [0.3, 0.4) is 0 Å². The third kappa shape index (κ3) is 5.80. The number of benzene rings is 1. The molecule has 1 aromatic heterocycles. The average Bonchev–Trinajstić information content (AvgIpc) is 3.06. The number of nitrogens with zero attached hydrogens (tertiary/aromatic N) is 1. The fourth-order valence-corrected chi connectivity index (χ4v) is 5.56. The van der Waals surface area contributed by atoms with Crippen LogP contribution in [0.5, 0.6) is 0 Å². The summed E-state index contributed by atoms with van der Waals surface area (Å²) in [5.74, 6) is -0.792. The highest BCUT2D eigenvalue weighted by Gasteiger charge is 2.30. The van der Waals surface area contributed by atoms with E-state index in [1.807, 2.05) is 24.3 Å². The topological polar surface area (TPSA) is 102 Å². The molecule has 0 bridgehead atoms. The predicted octanol–water partition coefficient (Wildman–Crippen LogP) is 4.04. The van der Waals surface area contributed by atoms with Gasteiger partial charge in [0.15, 0.2) is 0 Å². The van der Waals surface area contributed by atoms with Crippen LogP contribution in [0.4, 0.5) is 9.80 Å². The molecular weight excluding hydrogens is 434 g/mol. The van der Waals surface area contributed by atoms with E-state index in [0.29, 0.717) is 41.9 Å². The van der Waals surface area contributed by atoms with Crippen molar-refractivity contribution in [2.24, 2.45) is 5.73 Å². The summed E-state index contributed by atoms with van der Waals surface area (Å²) in [6.07, 6.45) is 0.308. The number of carbonyl (C=O) groups is 3. The highest BCUT2D eigenvalue weighted by atomic mass is 32.2. The van der Waals surface area contributed by atoms with Crippen LogP contribution in [-0.4, -0.2) is 41.2 Å². The number of ether oxygens (including phenoxy) is 1. The maximum atomic E-state index is 12.6. The minimum Gasteiger partial charge on any atom is -0.450 e. The van der Waals surface area contributed by atoms with Crippen LogP contribution < -0.4 is 11.1 Å². The second-order valence-electron chi connectivity index (χ2n) is 7.48. The minimum absolute atomic E-state index is 0.197. The van der Waals surface area contributed by atoms with Crippen LogP contribution in [0.1, 0.15) is 47.1 Å². The molecule has 3 amide bonds. The molecule has 0 fully saturated rings. The number of hydrogen-bond acceptors (Lipinski definition) is 6. The van der Waals surface area contributed by atoms with Crippen molar-refractivity contribution in [2.75, 3.05) is 18.5 Å². The first-order valence-corrected chi connectivity index (χ1v) is 11.9. The summed E-state index contributed by atoms with van der Waals surface area (Å²) in [7, 11) is 0. The molecular formula is C22H27N3O4S2. The van der Waals surface area contributed by atoms with Crippen LogP contribution in [0.25, 0.3) is 0 Å². The van der Waals surface area contributed by atoms with E-state index in [0.717, 1.165) is 20.9 Å². The van der Waals surface area contributed by atoms with E-state index in [-0.39, 0.29) is 18.4 Å². The van der Waals surface area contributed by atoms with Gasteiger partial charge in [-0.05, 0) is 36.6 Å². The molecule has 2 heterocycles. The van der Waals surface area contributed by atoms with Crippen molar-refractivity contribution in [2.45, 2.75) is 50.3 Å². The number of anilines is 1. The Morgan fingerprint density at radius 3 is 2.58 bits per heavy atom. The highest BCUT2D eigenvalue weighted by Crippen LogP contribution is 2.37. The Labute approximate surface area is 190 Å². The average molecular weight is 462 g/mol. The first kappa shape index (κ1) is 23.1. The van der Waals surface area contributed by atoms with E-state index in [1.54, 1.807) is 23.6 Å². The van der Waals surface area contributed by atoms with E-state index >= 15 is 0 Å². The quantitative estimate of drug-likeness (QED) is 0.606. The van der Waals surface area contributed by atoms with Gasteiger partial charge in [-0.15, -0.1) is 23.1 Å². The summed E-state index contributed by atoms with van der Waals surface area (Å²) in [5, 5.41) is 3.79. The number of primary amides is 1. The Morgan fingerprint density at radius 1 is 1.26 bits per heavy atom. The number of rotatable bonds is 7. The van der Waals surface area contributed by atoms with Crippen molar-refractivity contribution in [3.8, 4) is 0 Å². The molecule has 1 aliphatic rings. The fourth-order valence-electron chi connectivity index (χ4n) is 3.44. The maximum Gasteiger partial charge on any atom is 0.410 e. The minimum atomic E-state index is -0.576. The van der Waals surface area contributed by atoms with Gasteiger partial charge in [-0.25, -0.2) is 4.79 Å². The van der Waals surface area contributed by atoms with Gasteiger partial charge in [-0.2, -0.15) is 0 Å². The van der Waals surface area contributed by atoms with E-state index < -0.39 is 5.91 Å². The zero-order valence-electron chi connectivity index (χ0n) is 17.9. The summed E-state index contributed by atoms with van der Waals surface area (Å²) in [6, 6.07) is 7.90. The third-order valence-corrected chi connectivity index (χ3v) is 6.89. The van der Waals surface area contributed by atoms with E-state index in [4.69, 9.17) is 10.5 Å². The van der Waals surface area contributed by atoms with Gasteiger partial charge in [0.1, 0.15) is 5.00 Å². The predicted molar refractivity (Wildman–Crippen MR) is 124 cm³/mol. The Hall–Kier alpha value is -2.52. The number of carbonyl (C=O) groups excluding carboxylic acids is 3. The van der Waals surface area contributed by atoms with Crippen molar-refractivity contribution >= 4 is 46.0 Å². The molecule has 0 saturated carbocycles. The molecule has 1 aromatic carbocycles. The van der Waals surface area contributed by atoms with Crippen LogP contribution in [0, 0.1) is 0 Å². The van der Waals surface area contributed by atoms with Crippen molar-refractivity contribution in [1.82, 2.24) is 4.90 Å². The molecule has 9 heteroatoms. The first-order valence-electron chi connectivity index (χ1n) is 10.2. The van der Waals surface area contributed by atoms with Crippen LogP contribution in [0.15, 0.2) is 29.2 Å². The Balaban J connectivity index is 1.72. The van der Waals surface area contributed by atoms with Gasteiger partial charge in [0.25, 0.3) is 5.91 Å². The number of hydrogen-bond donors (Lipinski definition) is 2. The first-order chi connectivity index (χ1) is 14.8. The van der Waals surface area contributed by atoms with Crippen molar-refractivity contribution in [1.29, 1.82) is 0 Å². The molecule has 166 valence electrons. The monoisotopic (exact) mass is 461 g/mol. The van der Waals surface area contributed by atoms with E-state index in [9.17, 15) is 14.4 Å². The molecule has 3 rings (SSSR count). The second kappa shape index (κ2) is 10.2. The van der Waals surface area contributed by atoms with Gasteiger partial charge in [-0.1, -0.05) is 26.0 Å². The maximum absolute atomic E-state index is 12.6. The smallest absolute Gasteiger partial charge is 0.410 e. The molecule has 0 atom stereocenters. The van der Waals surface area contributed by atoms with Crippen molar-refractivity contribution in [3.05, 3.63) is 45.8 Å². The molecule has 7 nitrogen and oxygen atoms in total. The van der Waals surface area contributed by atoms with Gasteiger partial charge >= 0.3 is 6.09 Å². The standard InChI is InChI=1S/C22H27N3O4S2/c1-4-29-22(28)25-10-9-16-17(12-25)31-21(19(16)20(23)27)24-18(26)11-14-5-7-15(8-6-14)30-13(2)3/h5-8,13H,4,9-12H2,1-3H3,(H2,23,27)(H,24,26). The molecule has 0 spiro atoms. The number of thiophene rings is 1. The largest absolute Gasteiger partial charge is 0.450 e. The lowest BCUT2D eigenvalue weighted by atomic mass is 10.0. The van der Waals surface area contributed by atoms with Gasteiger partial charge in [0.2, 0.25) is 5.91 Å². The summed E-state index contributed by atoms with van der Waals surface area (Å²) < 4.78 is 5.07. The molecule has 0 radical (unpaired) electrons. The molecule has 0 unspecified atom stereocenters. The molecule has 0 saturated heterocycles. The lowest BCUT2D eigenvalue weighted by Crippen LogP contribution is -2.36. The SMILES string of the molecule is CCOC(=O)N1CCc2c(sc(NC(=O)Cc3ccc(SC(C)C)cc3)c2C(N)=O)C1. The zero-order chi connectivity index (χ0) is 22.5. The zero-order valence-corrected chi connectivity index (χ0v) is 19.5. The fraction of sp³-hybridized carbons (Fsp3) is 0.409. The molecule has 31 heavy (non-hydrogen) atoms. The number of amides is 3. The third-order valence-electron chi connectivity index (χ3n) is 4.74. The molecule has 0 aliphatic carbocycles. The Kier molecular flexibility index (Phi) is 7.61. The van der Waals surface area contributed by atoms with Crippen LogP contribution in [0.2, 0.25) is 0 Å². The van der Waals surface area contributed by atoms with Crippen molar-refractivity contribution in [3.63, 3.8) is 0 Å². The van der Waals surface area contributed by atoms with E-state index in [1.165, 1.54) is 11.3 Å². The molecule has 2 aromatic rings. The van der Waals surface area contributed by atoms with Gasteiger partial charge < -0.3 is 20.7 Å². The Morgan fingerprint density at radius 2 is 1.97 bits per heavy atom. The van der Waals surface area contributed by atoms with Gasteiger partial charge in [0.05, 0.1) is 25.1 Å². The summed E-state index contributed by atoms with van der Waals surface area (Å²) in [4.78, 5) is 40.4. The number of fused-ring (bicyclic) bond motifs is 1. The lowest BCUT2D eigenvalue weighted by molar-refractivity contribution is -0.115. The van der Waals surface area contributed by atoms with Crippen LogP contribution in [-0.2, 0) is 28.9 Å². The number of thioether (sulfide) groups is 1. The summed E-state index contributed by atoms with van der Waals surface area (Å²) in [5.41, 5.74) is 7.67. The number of nitrogens with one attached hydrogen (secondary N) is 1. The van der Waals surface area contributed by atoms with Gasteiger partial charge in [0, 0.05) is 21.6 Å². The normalized spacial score (nSPS) is 13.1. The van der Waals surface area contributed by atoms with Gasteiger partial charge in [-0.3, -0.25) is 9.59 Å². The Bertz CT molecular complexity index is 970. The second-order valence-corrected chi connectivity index (χ2v) is 10.2. The highest BCUT2D eigenvalue weighted by molar-refractivity contribution is 7.99. The van der Waals surface area contributed by atoms with Crippen LogP contribution >= 0.6 is 23.1 Å². The lowest BCUT2D eigenvalue weighted by Gasteiger charge is -2.26. The summed E-state index contributed by atoms with van der Waals surface area (Å²) >= 11 is 3.06. The number of nitrogens with two attached hydrogens (primary N) is 1. The van der Waals surface area contributed by atoms with Crippen molar-refractivity contribution < 1.29 is 19.1 Å². The molecule has 3 N–H and O–H groups in total. The summed E-state index contributed by atoms with van der Waals surface area (Å²) in [6.45, 7) is 7.11. The van der Waals surface area contributed by atoms with E-state index in [2.05, 4.69) is 19.2 Å².